The molecule has 0 amide bonds. The van der Waals surface area contributed by atoms with Crippen LogP contribution < -0.4 is 14.5 Å². The van der Waals surface area contributed by atoms with Gasteiger partial charge in [-0.15, -0.1) is 4.73 Å². The van der Waals surface area contributed by atoms with E-state index in [4.69, 9.17) is 14.3 Å². The van der Waals surface area contributed by atoms with Crippen LogP contribution in [0.3, 0.4) is 0 Å². The van der Waals surface area contributed by atoms with E-state index in [9.17, 15) is 40.9 Å². The zero-order valence-corrected chi connectivity index (χ0v) is 39.1. The van der Waals surface area contributed by atoms with Gasteiger partial charge in [0.1, 0.15) is 18.1 Å². The molecule has 0 fully saturated rings. The summed E-state index contributed by atoms with van der Waals surface area (Å²) in [6, 6.07) is 10.8. The van der Waals surface area contributed by atoms with Gasteiger partial charge in [-0.25, -0.2) is 4.79 Å². The molecule has 3 aliphatic heterocycles. The van der Waals surface area contributed by atoms with Gasteiger partial charge in [-0.1, -0.05) is 51.2 Å². The lowest BCUT2D eigenvalue weighted by Gasteiger charge is -2.44. The van der Waals surface area contributed by atoms with Crippen molar-refractivity contribution in [3.63, 3.8) is 0 Å². The van der Waals surface area contributed by atoms with E-state index in [0.29, 0.717) is 34.8 Å². The van der Waals surface area contributed by atoms with Crippen molar-refractivity contribution in [1.29, 1.82) is 0 Å². The lowest BCUT2D eigenvalue weighted by Crippen LogP contribution is -2.46. The topological polar surface area (TPSA) is 205 Å². The summed E-state index contributed by atoms with van der Waals surface area (Å²) < 4.78 is 82.4. The van der Waals surface area contributed by atoms with Crippen molar-refractivity contribution in [3.05, 3.63) is 107 Å². The summed E-state index contributed by atoms with van der Waals surface area (Å²) in [7, 11) is -7.24. The zero-order chi connectivity index (χ0) is 47.0. The van der Waals surface area contributed by atoms with Crippen LogP contribution in [-0.2, 0) is 35.2 Å². The number of hydrogen-bond acceptors (Lipinski definition) is 11. The number of nitrogens with zero attached hydrogens (tertiary/aromatic N) is 3. The number of hydrogen-bond donors (Lipinski definition) is 4. The van der Waals surface area contributed by atoms with Crippen LogP contribution in [0.5, 0.6) is 17.5 Å². The van der Waals surface area contributed by atoms with Crippen molar-refractivity contribution < 1.29 is 59.8 Å². The second kappa shape index (κ2) is 18.2. The van der Waals surface area contributed by atoms with Crippen molar-refractivity contribution in [3.8, 4) is 17.5 Å². The van der Waals surface area contributed by atoms with Gasteiger partial charge in [0.2, 0.25) is 17.4 Å². The SMILES string of the molecule is COCCN1c2cc3c(cc2C(C)=CC1(C)C)C(=CC=CC=CC1=[N+](CCCS(=O)(=O)O)c2ccc(S(=O)(=O)O)cc2C1(C)CCCC(=O)On1c(O)ccc1O)C=C(C(C)(C)C)O3. The molecule has 17 heteroatoms. The molecule has 64 heavy (non-hydrogen) atoms. The molecule has 0 radical (unpaired) electrons. The number of carbonyl (C=O) groups is 1. The summed E-state index contributed by atoms with van der Waals surface area (Å²) in [5.41, 5.74) is 5.30. The van der Waals surface area contributed by atoms with Gasteiger partial charge in [0.25, 0.3) is 20.2 Å². The Bertz CT molecular complexity index is 2730. The third-order valence-corrected chi connectivity index (χ3v) is 13.4. The highest BCUT2D eigenvalue weighted by atomic mass is 32.2. The molecular formula is C47H58N3O12S2+. The summed E-state index contributed by atoms with van der Waals surface area (Å²) in [5.74, 6) is -0.697. The zero-order valence-electron chi connectivity index (χ0n) is 37.5. The van der Waals surface area contributed by atoms with E-state index in [-0.39, 0.29) is 48.1 Å². The molecule has 2 aromatic carbocycles. The number of anilines is 1. The van der Waals surface area contributed by atoms with Crippen molar-refractivity contribution in [2.75, 3.05) is 37.5 Å². The molecule has 1 atom stereocenters. The van der Waals surface area contributed by atoms with Gasteiger partial charge in [0, 0.05) is 84.6 Å². The van der Waals surface area contributed by atoms with Gasteiger partial charge < -0.3 is 29.4 Å². The van der Waals surface area contributed by atoms with E-state index >= 15 is 0 Å². The van der Waals surface area contributed by atoms with E-state index in [1.165, 1.54) is 18.2 Å². The highest BCUT2D eigenvalue weighted by Crippen LogP contribution is 2.48. The summed E-state index contributed by atoms with van der Waals surface area (Å²) >= 11 is 0. The van der Waals surface area contributed by atoms with Crippen LogP contribution in [0, 0.1) is 5.41 Å². The molecule has 0 aliphatic carbocycles. The van der Waals surface area contributed by atoms with Crippen LogP contribution in [0.25, 0.3) is 11.1 Å². The van der Waals surface area contributed by atoms with E-state index < -0.39 is 49.1 Å². The molecule has 0 saturated heterocycles. The number of aromatic nitrogens is 1. The molecule has 0 saturated carbocycles. The van der Waals surface area contributed by atoms with Crippen LogP contribution in [-0.4, -0.2) is 95.2 Å². The molecular weight excluding hydrogens is 863 g/mol. The first-order valence-electron chi connectivity index (χ1n) is 21.0. The number of fused-ring (bicyclic) bond motifs is 3. The Morgan fingerprint density at radius 3 is 2.28 bits per heavy atom. The van der Waals surface area contributed by atoms with Gasteiger partial charge in [-0.05, 0) is 76.0 Å². The first-order chi connectivity index (χ1) is 29.8. The minimum atomic E-state index is -4.63. The summed E-state index contributed by atoms with van der Waals surface area (Å²) in [4.78, 5) is 20.0. The van der Waals surface area contributed by atoms with E-state index in [1.54, 1.807) is 7.11 Å². The number of rotatable bonds is 16. The number of ether oxygens (including phenoxy) is 2. The molecule has 4 heterocycles. The van der Waals surface area contributed by atoms with Crippen molar-refractivity contribution in [1.82, 2.24) is 4.73 Å². The number of methoxy groups -OCH3 is 1. The molecule has 3 aromatic rings. The monoisotopic (exact) mass is 920 g/mol. The van der Waals surface area contributed by atoms with Crippen LogP contribution >= 0.6 is 0 Å². The Labute approximate surface area is 375 Å². The Morgan fingerprint density at radius 2 is 1.64 bits per heavy atom. The van der Waals surface area contributed by atoms with Gasteiger partial charge in [-0.3, -0.25) is 9.11 Å². The molecule has 4 N–H and O–H groups in total. The fourth-order valence-electron chi connectivity index (χ4n) is 8.58. The second-order valence-corrected chi connectivity index (χ2v) is 21.0. The van der Waals surface area contributed by atoms with E-state index in [0.717, 1.165) is 51.6 Å². The fraction of sp³-hybridized carbons (Fsp3) is 0.404. The normalized spacial score (nSPS) is 19.2. The number of benzene rings is 2. The summed E-state index contributed by atoms with van der Waals surface area (Å²) in [5, 5.41) is 19.9. The highest BCUT2D eigenvalue weighted by molar-refractivity contribution is 7.86. The maximum Gasteiger partial charge on any atom is 0.333 e. The molecule has 6 rings (SSSR count). The molecule has 1 unspecified atom stereocenters. The molecule has 0 spiro atoms. The first-order valence-corrected chi connectivity index (χ1v) is 24.0. The smallest absolute Gasteiger partial charge is 0.333 e. The lowest BCUT2D eigenvalue weighted by atomic mass is 9.75. The molecule has 15 nitrogen and oxygen atoms in total. The quantitative estimate of drug-likeness (QED) is 0.0617. The van der Waals surface area contributed by atoms with Crippen LogP contribution in [0.2, 0.25) is 0 Å². The van der Waals surface area contributed by atoms with Crippen LogP contribution in [0.15, 0.2) is 95.7 Å². The third-order valence-electron chi connectivity index (χ3n) is 11.7. The van der Waals surface area contributed by atoms with Crippen molar-refractivity contribution >= 4 is 54.4 Å². The Hall–Kier alpha value is -5.46. The number of allylic oxidation sites excluding steroid dienone is 9. The number of carbonyl (C=O) groups excluding carboxylic acids is 1. The van der Waals surface area contributed by atoms with E-state index in [2.05, 4.69) is 64.7 Å². The van der Waals surface area contributed by atoms with Crippen LogP contribution in [0.1, 0.15) is 90.8 Å². The minimum Gasteiger partial charge on any atom is -0.492 e. The third kappa shape index (κ3) is 10.4. The highest BCUT2D eigenvalue weighted by Gasteiger charge is 2.48. The molecule has 344 valence electrons. The maximum absolute atomic E-state index is 12.9. The van der Waals surface area contributed by atoms with Gasteiger partial charge >= 0.3 is 5.97 Å². The average molecular weight is 921 g/mol. The molecule has 1 aromatic heterocycles. The second-order valence-electron chi connectivity index (χ2n) is 18.0. The Morgan fingerprint density at radius 1 is 0.938 bits per heavy atom. The van der Waals surface area contributed by atoms with E-state index in [1.807, 2.05) is 48.0 Å². The molecule has 0 bridgehead atoms. The van der Waals surface area contributed by atoms with Gasteiger partial charge in [0.15, 0.2) is 5.71 Å². The lowest BCUT2D eigenvalue weighted by molar-refractivity contribution is -0.437. The average Bonchev–Trinajstić information content (AvgIpc) is 3.62. The van der Waals surface area contributed by atoms with Gasteiger partial charge in [-0.2, -0.15) is 21.4 Å². The Kier molecular flexibility index (Phi) is 13.6. The largest absolute Gasteiger partial charge is 0.492 e. The first kappa shape index (κ1) is 48.0. The maximum atomic E-state index is 12.9. The van der Waals surface area contributed by atoms with Crippen molar-refractivity contribution in [2.24, 2.45) is 5.41 Å². The van der Waals surface area contributed by atoms with Crippen LogP contribution in [0.4, 0.5) is 11.4 Å². The van der Waals surface area contributed by atoms with Gasteiger partial charge in [0.05, 0.1) is 28.2 Å². The summed E-state index contributed by atoms with van der Waals surface area (Å²) in [6.45, 7) is 16.0. The Balaban J connectivity index is 1.38. The predicted octanol–water partition coefficient (Wildman–Crippen LogP) is 7.77. The molecule has 3 aliphatic rings. The fourth-order valence-corrected chi connectivity index (χ4v) is 9.58. The standard InChI is InChI=1S/C47H57N3O12S2/c1-31-30-46(5,6)49(23-24-60-8)38-29-39-35(28-34(31)38)32(26-41(61-39)45(2,3)4)14-10-9-11-15-40-47(7,21-12-16-44(53)62-50-42(51)19-20-43(50)52)36-27-33(64(57,58)59)17-18-37(36)48(40)22-13-25-63(54,55)56/h9-11,14-15,17-20,26-30H,12-13,16,21-25H2,1-8H3,(H3-,51,52,54,55,56,57,58,59)/p+1. The minimum absolute atomic E-state index is 0.0216. The van der Waals surface area contributed by atoms with Crippen molar-refractivity contribution in [2.45, 2.75) is 90.0 Å². The summed E-state index contributed by atoms with van der Waals surface area (Å²) in [6.07, 6.45) is 14.0. The number of aromatic hydroxyl groups is 2. The predicted molar refractivity (Wildman–Crippen MR) is 245 cm³/mol.